The van der Waals surface area contributed by atoms with E-state index < -0.39 is 0 Å². The summed E-state index contributed by atoms with van der Waals surface area (Å²) in [5.74, 6) is 2.24. The second-order valence-electron chi connectivity index (χ2n) is 7.51. The largest absolute Gasteiger partial charge is 0.377 e. The van der Waals surface area contributed by atoms with Crippen molar-refractivity contribution in [3.63, 3.8) is 0 Å². The molecule has 144 valence electrons. The summed E-state index contributed by atoms with van der Waals surface area (Å²) in [6.07, 6.45) is 3.89. The van der Waals surface area contributed by atoms with Crippen LogP contribution in [0.25, 0.3) is 0 Å². The lowest BCUT2D eigenvalue weighted by Gasteiger charge is -2.36. The number of hydrogen-bond donors (Lipinski definition) is 1. The Kier molecular flexibility index (Phi) is 5.61. The molecule has 7 nitrogen and oxygen atoms in total. The highest BCUT2D eigenvalue weighted by Crippen LogP contribution is 2.35. The molecule has 0 atom stereocenters. The maximum atomic E-state index is 5.97. The van der Waals surface area contributed by atoms with Gasteiger partial charge in [-0.1, -0.05) is 6.07 Å². The van der Waals surface area contributed by atoms with Crippen LogP contribution < -0.4 is 10.6 Å². The minimum atomic E-state index is 0.314. The molecule has 1 aliphatic heterocycles. The normalized spacial score (nSPS) is 23.3. The van der Waals surface area contributed by atoms with Gasteiger partial charge in [-0.05, 0) is 25.0 Å². The maximum absolute atomic E-state index is 5.97. The Morgan fingerprint density at radius 2 is 1.96 bits per heavy atom. The first-order valence-electron chi connectivity index (χ1n) is 9.71. The number of hydrogen-bond acceptors (Lipinski definition) is 7. The first-order valence-corrected chi connectivity index (χ1v) is 9.71. The number of methoxy groups -OCH3 is 1. The van der Waals surface area contributed by atoms with Gasteiger partial charge in [0, 0.05) is 69.8 Å². The molecule has 0 radical (unpaired) electrons. The Hall–Kier alpha value is -2.09. The van der Waals surface area contributed by atoms with E-state index in [0.717, 1.165) is 68.6 Å². The van der Waals surface area contributed by atoms with Crippen molar-refractivity contribution < 1.29 is 4.74 Å². The van der Waals surface area contributed by atoms with E-state index in [1.54, 1.807) is 7.11 Å². The fourth-order valence-electron chi connectivity index (χ4n) is 3.83. The van der Waals surface area contributed by atoms with Gasteiger partial charge in [-0.15, -0.1) is 0 Å². The lowest BCUT2D eigenvalue weighted by Crippen LogP contribution is -2.46. The van der Waals surface area contributed by atoms with E-state index in [1.165, 1.54) is 0 Å². The molecule has 2 aromatic heterocycles. The quantitative estimate of drug-likeness (QED) is 0.828. The monoisotopic (exact) mass is 368 g/mol. The zero-order chi connectivity index (χ0) is 18.6. The van der Waals surface area contributed by atoms with Crippen LogP contribution in [0.15, 0.2) is 30.5 Å². The third kappa shape index (κ3) is 4.43. The van der Waals surface area contributed by atoms with Crippen LogP contribution in [0.2, 0.25) is 0 Å². The summed E-state index contributed by atoms with van der Waals surface area (Å²) in [6, 6.07) is 8.56. The van der Waals surface area contributed by atoms with Crippen molar-refractivity contribution in [3.05, 3.63) is 47.7 Å². The van der Waals surface area contributed by atoms with Gasteiger partial charge in [-0.25, -0.2) is 9.97 Å². The molecule has 2 fully saturated rings. The summed E-state index contributed by atoms with van der Waals surface area (Å²) in [6.45, 7) is 5.27. The third-order valence-corrected chi connectivity index (χ3v) is 5.45. The minimum Gasteiger partial charge on any atom is -0.377 e. The Bertz CT molecular complexity index is 741. The molecule has 2 aromatic rings. The van der Waals surface area contributed by atoms with E-state index in [1.807, 2.05) is 18.3 Å². The predicted octanol–water partition coefficient (Wildman–Crippen LogP) is 1.54. The molecule has 0 unspecified atom stereocenters. The molecule has 3 heterocycles. The molecule has 2 aliphatic rings. The fourth-order valence-corrected chi connectivity index (χ4v) is 3.83. The summed E-state index contributed by atoms with van der Waals surface area (Å²) < 4.78 is 5.28. The van der Waals surface area contributed by atoms with E-state index in [4.69, 9.17) is 20.4 Å². The first-order chi connectivity index (χ1) is 13.2. The number of piperazine rings is 1. The molecular formula is C20H28N6O. The Morgan fingerprint density at radius 1 is 1.15 bits per heavy atom. The number of nitrogens with two attached hydrogens (primary N) is 1. The van der Waals surface area contributed by atoms with Crippen LogP contribution in [0.5, 0.6) is 0 Å². The van der Waals surface area contributed by atoms with Gasteiger partial charge in [0.1, 0.15) is 12.4 Å². The highest BCUT2D eigenvalue weighted by atomic mass is 16.5. The van der Waals surface area contributed by atoms with Crippen LogP contribution in [-0.4, -0.2) is 59.2 Å². The molecule has 1 aliphatic carbocycles. The van der Waals surface area contributed by atoms with Crippen LogP contribution in [0.3, 0.4) is 0 Å². The first kappa shape index (κ1) is 18.3. The Balaban J connectivity index is 1.42. The molecular weight excluding hydrogens is 340 g/mol. The van der Waals surface area contributed by atoms with Crippen LogP contribution in [0, 0.1) is 0 Å². The number of ether oxygens (including phenoxy) is 1. The summed E-state index contributed by atoms with van der Waals surface area (Å²) in [5, 5.41) is 0. The lowest BCUT2D eigenvalue weighted by atomic mass is 9.78. The van der Waals surface area contributed by atoms with Gasteiger partial charge in [-0.2, -0.15) is 0 Å². The molecule has 1 saturated heterocycles. The van der Waals surface area contributed by atoms with Gasteiger partial charge >= 0.3 is 0 Å². The molecule has 2 N–H and O–H groups in total. The number of aromatic nitrogens is 3. The maximum Gasteiger partial charge on any atom is 0.156 e. The highest BCUT2D eigenvalue weighted by molar-refractivity contribution is 5.42. The summed E-state index contributed by atoms with van der Waals surface area (Å²) in [4.78, 5) is 18.7. The number of nitrogens with zero attached hydrogens (tertiary/aromatic N) is 5. The molecule has 0 bridgehead atoms. The SMILES string of the molecule is COCc1nc(C2CC(N)C2)cc(N2CCN(Cc3ccccn3)CC2)n1. The molecule has 27 heavy (non-hydrogen) atoms. The van der Waals surface area contributed by atoms with Gasteiger partial charge in [0.25, 0.3) is 0 Å². The molecule has 0 aromatic carbocycles. The zero-order valence-electron chi connectivity index (χ0n) is 15.9. The zero-order valence-corrected chi connectivity index (χ0v) is 15.9. The summed E-state index contributed by atoms with van der Waals surface area (Å²) >= 11 is 0. The fraction of sp³-hybridized carbons (Fsp3) is 0.550. The van der Waals surface area contributed by atoms with Crippen LogP contribution in [-0.2, 0) is 17.9 Å². The van der Waals surface area contributed by atoms with E-state index in [-0.39, 0.29) is 0 Å². The van der Waals surface area contributed by atoms with Crippen molar-refractivity contribution in [1.29, 1.82) is 0 Å². The number of pyridine rings is 1. The predicted molar refractivity (Wildman–Crippen MR) is 104 cm³/mol. The van der Waals surface area contributed by atoms with Gasteiger partial charge in [0.05, 0.1) is 5.69 Å². The minimum absolute atomic E-state index is 0.314. The topological polar surface area (TPSA) is 80.4 Å². The molecule has 0 spiro atoms. The number of rotatable bonds is 6. The van der Waals surface area contributed by atoms with Gasteiger partial charge in [-0.3, -0.25) is 9.88 Å². The van der Waals surface area contributed by atoms with E-state index in [2.05, 4.69) is 26.9 Å². The summed E-state index contributed by atoms with van der Waals surface area (Å²) in [7, 11) is 1.69. The van der Waals surface area contributed by atoms with E-state index >= 15 is 0 Å². The average Bonchev–Trinajstić information content (AvgIpc) is 2.67. The van der Waals surface area contributed by atoms with Crippen LogP contribution >= 0.6 is 0 Å². The van der Waals surface area contributed by atoms with E-state index in [9.17, 15) is 0 Å². The highest BCUT2D eigenvalue weighted by Gasteiger charge is 2.30. The van der Waals surface area contributed by atoms with Crippen molar-refractivity contribution in [1.82, 2.24) is 19.9 Å². The van der Waals surface area contributed by atoms with Crippen LogP contribution in [0.1, 0.15) is 36.0 Å². The van der Waals surface area contributed by atoms with Crippen molar-refractivity contribution in [3.8, 4) is 0 Å². The van der Waals surface area contributed by atoms with E-state index in [0.29, 0.717) is 18.6 Å². The van der Waals surface area contributed by atoms with Gasteiger partial charge in [0.2, 0.25) is 0 Å². The van der Waals surface area contributed by atoms with Crippen molar-refractivity contribution in [2.75, 3.05) is 38.2 Å². The third-order valence-electron chi connectivity index (χ3n) is 5.45. The van der Waals surface area contributed by atoms with Gasteiger partial charge < -0.3 is 15.4 Å². The van der Waals surface area contributed by atoms with Gasteiger partial charge in [0.15, 0.2) is 5.82 Å². The second kappa shape index (κ2) is 8.29. The smallest absolute Gasteiger partial charge is 0.156 e. The molecule has 7 heteroatoms. The van der Waals surface area contributed by atoms with Crippen LogP contribution in [0.4, 0.5) is 5.82 Å². The average molecular weight is 368 g/mol. The molecule has 4 rings (SSSR count). The van der Waals surface area contributed by atoms with Crippen molar-refractivity contribution in [2.45, 2.75) is 38.0 Å². The Labute approximate surface area is 160 Å². The summed E-state index contributed by atoms with van der Waals surface area (Å²) in [5.41, 5.74) is 8.21. The molecule has 1 saturated carbocycles. The van der Waals surface area contributed by atoms with Crippen molar-refractivity contribution >= 4 is 5.82 Å². The standard InChI is InChI=1S/C20H28N6O/c1-27-14-19-23-18(15-10-16(21)11-15)12-20(24-19)26-8-6-25(7-9-26)13-17-4-2-3-5-22-17/h2-5,12,15-16H,6-11,13-14,21H2,1H3. The molecule has 0 amide bonds. The number of anilines is 1. The van der Waals surface area contributed by atoms with Crippen molar-refractivity contribution in [2.24, 2.45) is 5.73 Å². The second-order valence-corrected chi connectivity index (χ2v) is 7.51. The Morgan fingerprint density at radius 3 is 2.63 bits per heavy atom. The lowest BCUT2D eigenvalue weighted by molar-refractivity contribution is 0.177.